The van der Waals surface area contributed by atoms with Crippen molar-refractivity contribution in [1.82, 2.24) is 0 Å². The van der Waals surface area contributed by atoms with E-state index >= 15 is 0 Å². The minimum absolute atomic E-state index is 1.07. The molecule has 0 nitrogen and oxygen atoms in total. The van der Waals surface area contributed by atoms with E-state index in [1.807, 2.05) is 46.0 Å². The van der Waals surface area contributed by atoms with Gasteiger partial charge in [-0.3, -0.25) is 0 Å². The third-order valence-corrected chi connectivity index (χ3v) is 4.71. The summed E-state index contributed by atoms with van der Waals surface area (Å²) in [4.78, 5) is 0. The van der Waals surface area contributed by atoms with Gasteiger partial charge >= 0.3 is 0 Å². The number of hydrogen-bond donors (Lipinski definition) is 0. The quantitative estimate of drug-likeness (QED) is 0.407. The van der Waals surface area contributed by atoms with Crippen molar-refractivity contribution in [2.75, 3.05) is 0 Å². The smallest absolute Gasteiger partial charge is 0.0355 e. The van der Waals surface area contributed by atoms with Crippen LogP contribution in [0.3, 0.4) is 0 Å². The van der Waals surface area contributed by atoms with E-state index in [1.165, 1.54) is 36.9 Å². The summed E-state index contributed by atoms with van der Waals surface area (Å²) in [6, 6.07) is 15.4. The van der Waals surface area contributed by atoms with Crippen LogP contribution in [0.1, 0.15) is 54.0 Å². The highest BCUT2D eigenvalue weighted by Gasteiger charge is 2.07. The van der Waals surface area contributed by atoms with Gasteiger partial charge in [0, 0.05) is 20.2 Å². The van der Waals surface area contributed by atoms with E-state index in [0.717, 1.165) is 5.57 Å². The van der Waals surface area contributed by atoms with Gasteiger partial charge in [0.15, 0.2) is 0 Å². The Kier molecular flexibility index (Phi) is 9.09. The third-order valence-electron chi connectivity index (χ3n) is 3.56. The Morgan fingerprint density at radius 3 is 2.04 bits per heavy atom. The molecule has 0 saturated heterocycles. The second-order valence-electron chi connectivity index (χ2n) is 5.98. The van der Waals surface area contributed by atoms with Crippen LogP contribution in [-0.4, -0.2) is 0 Å². The Morgan fingerprint density at radius 2 is 1.42 bits per heavy atom. The molecule has 138 valence electrons. The first-order valence-electron chi connectivity index (χ1n) is 9.48. The lowest BCUT2D eigenvalue weighted by Crippen LogP contribution is -1.83. The highest BCUT2D eigenvalue weighted by atomic mass is 32.1. The number of rotatable bonds is 3. The lowest BCUT2D eigenvalue weighted by Gasteiger charge is -2.05. The Balaban J connectivity index is 0.000000791. The summed E-state index contributed by atoms with van der Waals surface area (Å²) in [6.07, 6.45) is 4.38. The van der Waals surface area contributed by atoms with Gasteiger partial charge in [-0.25, -0.2) is 0 Å². The molecule has 0 amide bonds. The van der Waals surface area contributed by atoms with Crippen LogP contribution < -0.4 is 0 Å². The number of fused-ring (bicyclic) bond motifs is 3. The molecule has 0 aliphatic carbocycles. The highest BCUT2D eigenvalue weighted by molar-refractivity contribution is 7.25. The predicted octanol–water partition coefficient (Wildman–Crippen LogP) is 9.03. The molecule has 3 rings (SSSR count). The second-order valence-corrected chi connectivity index (χ2v) is 7.06. The fraction of sp³-hybridized carbons (Fsp3) is 0.280. The number of thiophene rings is 1. The van der Waals surface area contributed by atoms with Crippen molar-refractivity contribution in [2.45, 2.75) is 48.5 Å². The maximum absolute atomic E-state index is 4.03. The molecule has 1 heteroatoms. The zero-order chi connectivity index (χ0) is 19.7. The Morgan fingerprint density at radius 1 is 0.808 bits per heavy atom. The maximum atomic E-state index is 4.03. The monoisotopic (exact) mass is 364 g/mol. The highest BCUT2D eigenvalue weighted by Crippen LogP contribution is 2.35. The zero-order valence-electron chi connectivity index (χ0n) is 17.3. The molecule has 0 bridgehead atoms. The van der Waals surface area contributed by atoms with Crippen molar-refractivity contribution in [3.63, 3.8) is 0 Å². The van der Waals surface area contributed by atoms with E-state index in [2.05, 4.69) is 75.0 Å². The first-order valence-corrected chi connectivity index (χ1v) is 10.3. The van der Waals surface area contributed by atoms with Gasteiger partial charge in [-0.05, 0) is 50.1 Å². The molecule has 3 aromatic rings. The van der Waals surface area contributed by atoms with E-state index in [4.69, 9.17) is 0 Å². The third kappa shape index (κ3) is 5.44. The fourth-order valence-corrected chi connectivity index (χ4v) is 3.78. The lowest BCUT2D eigenvalue weighted by molar-refractivity contribution is 1.39. The van der Waals surface area contributed by atoms with Crippen molar-refractivity contribution in [2.24, 2.45) is 0 Å². The SMILES string of the molecule is C=C(C)/C=C(\C=C(C)C)c1ccc2sc3ccccc3c2c1.CC.CC. The van der Waals surface area contributed by atoms with Crippen LogP contribution in [-0.2, 0) is 0 Å². The van der Waals surface area contributed by atoms with Crippen molar-refractivity contribution in [3.05, 3.63) is 77.9 Å². The molecule has 0 N–H and O–H groups in total. The largest absolute Gasteiger partial charge is 0.135 e. The number of hydrogen-bond acceptors (Lipinski definition) is 1. The van der Waals surface area contributed by atoms with Gasteiger partial charge in [-0.1, -0.05) is 81.8 Å². The van der Waals surface area contributed by atoms with Gasteiger partial charge in [-0.2, -0.15) is 0 Å². The molecule has 0 aliphatic heterocycles. The Hall–Kier alpha value is -2.12. The zero-order valence-corrected chi connectivity index (χ0v) is 18.1. The van der Waals surface area contributed by atoms with Gasteiger partial charge in [0.05, 0.1) is 0 Å². The van der Waals surface area contributed by atoms with Crippen LogP contribution in [0.2, 0.25) is 0 Å². The molecular weight excluding hydrogens is 332 g/mol. The van der Waals surface area contributed by atoms with Gasteiger partial charge in [0.25, 0.3) is 0 Å². The first kappa shape index (κ1) is 21.9. The molecule has 0 unspecified atom stereocenters. The van der Waals surface area contributed by atoms with Crippen LogP contribution in [0.5, 0.6) is 0 Å². The number of allylic oxidation sites excluding steroid dienone is 5. The van der Waals surface area contributed by atoms with Gasteiger partial charge in [0.2, 0.25) is 0 Å². The van der Waals surface area contributed by atoms with Gasteiger partial charge in [-0.15, -0.1) is 11.3 Å². The van der Waals surface area contributed by atoms with E-state index in [0.29, 0.717) is 0 Å². The lowest BCUT2D eigenvalue weighted by atomic mass is 9.99. The van der Waals surface area contributed by atoms with Crippen LogP contribution in [0.4, 0.5) is 0 Å². The van der Waals surface area contributed by atoms with E-state index < -0.39 is 0 Å². The van der Waals surface area contributed by atoms with Crippen LogP contribution >= 0.6 is 11.3 Å². The summed E-state index contributed by atoms with van der Waals surface area (Å²) in [5.74, 6) is 0. The molecular formula is C25H32S. The summed E-state index contributed by atoms with van der Waals surface area (Å²) >= 11 is 1.86. The first-order chi connectivity index (χ1) is 12.5. The average Bonchev–Trinajstić information content (AvgIpc) is 3.01. The Bertz CT molecular complexity index is 916. The molecule has 2 aromatic carbocycles. The van der Waals surface area contributed by atoms with Gasteiger partial charge < -0.3 is 0 Å². The molecule has 0 saturated carbocycles. The molecule has 26 heavy (non-hydrogen) atoms. The van der Waals surface area contributed by atoms with E-state index in [-0.39, 0.29) is 0 Å². The summed E-state index contributed by atoms with van der Waals surface area (Å²) in [6.45, 7) is 18.3. The van der Waals surface area contributed by atoms with E-state index in [9.17, 15) is 0 Å². The van der Waals surface area contributed by atoms with Crippen LogP contribution in [0.25, 0.3) is 25.7 Å². The number of benzene rings is 2. The molecule has 0 fully saturated rings. The van der Waals surface area contributed by atoms with Crippen molar-refractivity contribution in [3.8, 4) is 0 Å². The molecule has 0 atom stereocenters. The normalized spacial score (nSPS) is 10.5. The average molecular weight is 365 g/mol. The van der Waals surface area contributed by atoms with Crippen LogP contribution in [0, 0.1) is 0 Å². The topological polar surface area (TPSA) is 0 Å². The van der Waals surface area contributed by atoms with Crippen molar-refractivity contribution < 1.29 is 0 Å². The minimum atomic E-state index is 1.07. The molecule has 1 heterocycles. The Labute approximate surface area is 163 Å². The molecule has 0 aliphatic rings. The second kappa shape index (κ2) is 10.8. The predicted molar refractivity (Wildman–Crippen MR) is 124 cm³/mol. The van der Waals surface area contributed by atoms with Crippen LogP contribution in [0.15, 0.2) is 72.3 Å². The molecule has 0 spiro atoms. The van der Waals surface area contributed by atoms with Gasteiger partial charge in [0.1, 0.15) is 0 Å². The van der Waals surface area contributed by atoms with Crippen molar-refractivity contribution in [1.29, 1.82) is 0 Å². The summed E-state index contributed by atoms with van der Waals surface area (Å²) in [5, 5.41) is 2.68. The summed E-state index contributed by atoms with van der Waals surface area (Å²) in [7, 11) is 0. The van der Waals surface area contributed by atoms with Crippen molar-refractivity contribution >= 4 is 37.1 Å². The molecule has 0 radical (unpaired) electrons. The van der Waals surface area contributed by atoms with E-state index in [1.54, 1.807) is 0 Å². The summed E-state index contributed by atoms with van der Waals surface area (Å²) < 4.78 is 2.69. The maximum Gasteiger partial charge on any atom is 0.0355 e. The standard InChI is InChI=1S/C21H20S.2C2H6/c1-14(2)11-17(12-15(3)4)16-9-10-21-19(13-16)18-7-5-6-8-20(18)22-21;2*1-2/h5-13H,1H2,2-4H3;2*1-2H3/b17-11+;;. The fourth-order valence-electron chi connectivity index (χ4n) is 2.69. The summed E-state index contributed by atoms with van der Waals surface area (Å²) in [5.41, 5.74) is 4.84. The minimum Gasteiger partial charge on any atom is -0.135 e. The molecule has 1 aromatic heterocycles.